The van der Waals surface area contributed by atoms with Gasteiger partial charge in [-0.05, 0) is 31.5 Å². The third-order valence-electron chi connectivity index (χ3n) is 3.70. The minimum Gasteiger partial charge on any atom is -0.348 e. The Hall–Kier alpha value is -1.92. The first kappa shape index (κ1) is 16.0. The van der Waals surface area contributed by atoms with Gasteiger partial charge in [-0.1, -0.05) is 30.7 Å². The molecule has 1 saturated carbocycles. The minimum absolute atomic E-state index is 0.198. The van der Waals surface area contributed by atoms with E-state index in [2.05, 4.69) is 20.7 Å². The summed E-state index contributed by atoms with van der Waals surface area (Å²) >= 11 is 6.27. The van der Waals surface area contributed by atoms with E-state index >= 15 is 0 Å². The number of aromatic nitrogens is 3. The van der Waals surface area contributed by atoms with Crippen molar-refractivity contribution in [1.82, 2.24) is 25.4 Å². The molecule has 2 aromatic rings. The zero-order chi connectivity index (χ0) is 16.2. The Morgan fingerprint density at radius 3 is 2.83 bits per heavy atom. The largest absolute Gasteiger partial charge is 0.348 e. The predicted octanol–water partition coefficient (Wildman–Crippen LogP) is 2.14. The van der Waals surface area contributed by atoms with Gasteiger partial charge in [0.2, 0.25) is 5.82 Å². The normalized spacial score (nSPS) is 14.0. The number of halogens is 1. The average molecular weight is 334 g/mol. The third-order valence-corrected chi connectivity index (χ3v) is 4.02. The number of carbonyl (C=O) groups excluding carboxylic acids is 1. The molecule has 0 aliphatic heterocycles. The Bertz CT molecular complexity index is 696. The second-order valence-corrected chi connectivity index (χ2v) is 5.95. The number of nitrogens with one attached hydrogen (secondary N) is 2. The summed E-state index contributed by atoms with van der Waals surface area (Å²) in [6.07, 6.45) is 2.15. The molecule has 0 unspecified atom stereocenters. The van der Waals surface area contributed by atoms with E-state index in [1.165, 1.54) is 0 Å². The second kappa shape index (κ2) is 7.10. The molecule has 0 spiro atoms. The smallest absolute Gasteiger partial charge is 0.291 e. The first-order valence-corrected chi connectivity index (χ1v) is 8.29. The fraction of sp³-hybridized carbons (Fsp3) is 0.438. The quantitative estimate of drug-likeness (QED) is 0.761. The van der Waals surface area contributed by atoms with E-state index in [4.69, 9.17) is 11.6 Å². The standard InChI is InChI=1S/C16H20ClN5O/c1-2-18-9-10-19-16(23)14-20-15(11-7-8-11)22(21-14)13-6-4-3-5-12(13)17/h3-6,11,18H,2,7-10H2,1H3,(H,19,23). The Morgan fingerprint density at radius 1 is 1.35 bits per heavy atom. The molecular weight excluding hydrogens is 314 g/mol. The van der Waals surface area contributed by atoms with Crippen LogP contribution >= 0.6 is 11.6 Å². The highest BCUT2D eigenvalue weighted by Gasteiger charge is 2.31. The number of para-hydroxylation sites is 1. The maximum atomic E-state index is 12.2. The average Bonchev–Trinajstić information content (AvgIpc) is 3.31. The van der Waals surface area contributed by atoms with Gasteiger partial charge in [0.25, 0.3) is 5.91 Å². The van der Waals surface area contributed by atoms with Crippen LogP contribution in [-0.4, -0.2) is 40.3 Å². The Morgan fingerprint density at radius 2 is 2.13 bits per heavy atom. The van der Waals surface area contributed by atoms with E-state index in [9.17, 15) is 4.79 Å². The van der Waals surface area contributed by atoms with E-state index in [-0.39, 0.29) is 11.7 Å². The van der Waals surface area contributed by atoms with Crippen molar-refractivity contribution in [3.63, 3.8) is 0 Å². The van der Waals surface area contributed by atoms with Gasteiger partial charge in [0, 0.05) is 19.0 Å². The molecule has 0 saturated heterocycles. The van der Waals surface area contributed by atoms with Gasteiger partial charge in [-0.2, -0.15) is 0 Å². The molecule has 0 radical (unpaired) electrons. The number of rotatable bonds is 7. The molecule has 1 amide bonds. The highest BCUT2D eigenvalue weighted by Crippen LogP contribution is 2.40. The van der Waals surface area contributed by atoms with E-state index in [0.717, 1.165) is 37.4 Å². The van der Waals surface area contributed by atoms with Gasteiger partial charge in [0.15, 0.2) is 0 Å². The Kier molecular flexibility index (Phi) is 4.93. The van der Waals surface area contributed by atoms with Gasteiger partial charge < -0.3 is 10.6 Å². The lowest BCUT2D eigenvalue weighted by atomic mass is 10.3. The number of amides is 1. The molecule has 1 aromatic heterocycles. The third kappa shape index (κ3) is 3.71. The summed E-state index contributed by atoms with van der Waals surface area (Å²) in [4.78, 5) is 16.7. The van der Waals surface area contributed by atoms with Crippen LogP contribution in [0.15, 0.2) is 24.3 Å². The summed E-state index contributed by atoms with van der Waals surface area (Å²) in [7, 11) is 0. The lowest BCUT2D eigenvalue weighted by Gasteiger charge is -2.06. The summed E-state index contributed by atoms with van der Waals surface area (Å²) in [5, 5.41) is 11.0. The molecule has 2 N–H and O–H groups in total. The van der Waals surface area contributed by atoms with Crippen LogP contribution in [0.25, 0.3) is 5.69 Å². The van der Waals surface area contributed by atoms with Crippen LogP contribution in [-0.2, 0) is 0 Å². The van der Waals surface area contributed by atoms with Crippen molar-refractivity contribution in [3.8, 4) is 5.69 Å². The van der Waals surface area contributed by atoms with Crippen LogP contribution < -0.4 is 10.6 Å². The maximum absolute atomic E-state index is 12.2. The number of nitrogens with zero attached hydrogens (tertiary/aromatic N) is 3. The van der Waals surface area contributed by atoms with Crippen LogP contribution in [0.5, 0.6) is 0 Å². The monoisotopic (exact) mass is 333 g/mol. The molecule has 0 bridgehead atoms. The number of benzene rings is 1. The predicted molar refractivity (Wildman–Crippen MR) is 89.2 cm³/mol. The molecule has 1 fully saturated rings. The zero-order valence-electron chi connectivity index (χ0n) is 13.1. The molecule has 122 valence electrons. The molecule has 1 aliphatic carbocycles. The highest BCUT2D eigenvalue weighted by atomic mass is 35.5. The number of likely N-dealkylation sites (N-methyl/N-ethyl adjacent to an activating group) is 1. The maximum Gasteiger partial charge on any atom is 0.291 e. The zero-order valence-corrected chi connectivity index (χ0v) is 13.8. The van der Waals surface area contributed by atoms with Crippen LogP contribution in [0, 0.1) is 0 Å². The molecule has 1 aromatic carbocycles. The van der Waals surface area contributed by atoms with Crippen molar-refractivity contribution in [2.24, 2.45) is 0 Å². The first-order chi connectivity index (χ1) is 11.2. The van der Waals surface area contributed by atoms with Crippen molar-refractivity contribution < 1.29 is 4.79 Å². The molecule has 23 heavy (non-hydrogen) atoms. The van der Waals surface area contributed by atoms with Gasteiger partial charge in [-0.25, -0.2) is 9.67 Å². The van der Waals surface area contributed by atoms with Crippen molar-refractivity contribution in [3.05, 3.63) is 40.9 Å². The SMILES string of the molecule is CCNCCNC(=O)c1nc(C2CC2)n(-c2ccccc2Cl)n1. The lowest BCUT2D eigenvalue weighted by Crippen LogP contribution is -2.32. The van der Waals surface area contributed by atoms with E-state index in [0.29, 0.717) is 17.5 Å². The van der Waals surface area contributed by atoms with Crippen LogP contribution in [0.2, 0.25) is 5.02 Å². The van der Waals surface area contributed by atoms with E-state index < -0.39 is 0 Å². The molecular formula is C16H20ClN5O. The molecule has 1 aliphatic rings. The highest BCUT2D eigenvalue weighted by molar-refractivity contribution is 6.32. The number of hydrogen-bond donors (Lipinski definition) is 2. The Labute approximate surface area is 140 Å². The summed E-state index contributed by atoms with van der Waals surface area (Å²) in [5.74, 6) is 1.12. The van der Waals surface area contributed by atoms with Gasteiger partial charge >= 0.3 is 0 Å². The summed E-state index contributed by atoms with van der Waals surface area (Å²) in [6.45, 7) is 4.17. The fourth-order valence-electron chi connectivity index (χ4n) is 2.35. The topological polar surface area (TPSA) is 71.8 Å². The van der Waals surface area contributed by atoms with Crippen molar-refractivity contribution in [2.75, 3.05) is 19.6 Å². The molecule has 1 heterocycles. The second-order valence-electron chi connectivity index (χ2n) is 5.54. The van der Waals surface area contributed by atoms with Gasteiger partial charge in [0.1, 0.15) is 5.82 Å². The molecule has 0 atom stereocenters. The Balaban J connectivity index is 1.82. The van der Waals surface area contributed by atoms with Gasteiger partial charge in [0.05, 0.1) is 10.7 Å². The van der Waals surface area contributed by atoms with Crippen LogP contribution in [0.3, 0.4) is 0 Å². The van der Waals surface area contributed by atoms with E-state index in [1.807, 2.05) is 31.2 Å². The lowest BCUT2D eigenvalue weighted by molar-refractivity contribution is 0.0943. The fourth-order valence-corrected chi connectivity index (χ4v) is 2.56. The summed E-state index contributed by atoms with van der Waals surface area (Å²) in [6, 6.07) is 7.46. The molecule has 3 rings (SSSR count). The van der Waals surface area contributed by atoms with Gasteiger partial charge in [-0.15, -0.1) is 5.10 Å². The minimum atomic E-state index is -0.254. The molecule has 7 heteroatoms. The van der Waals surface area contributed by atoms with E-state index in [1.54, 1.807) is 4.68 Å². The summed E-state index contributed by atoms with van der Waals surface area (Å²) < 4.78 is 1.71. The van der Waals surface area contributed by atoms with Crippen molar-refractivity contribution in [2.45, 2.75) is 25.7 Å². The number of hydrogen-bond acceptors (Lipinski definition) is 4. The van der Waals surface area contributed by atoms with Crippen molar-refractivity contribution in [1.29, 1.82) is 0 Å². The van der Waals surface area contributed by atoms with Gasteiger partial charge in [-0.3, -0.25) is 4.79 Å². The van der Waals surface area contributed by atoms with Crippen LogP contribution in [0.1, 0.15) is 42.1 Å². The molecule has 6 nitrogen and oxygen atoms in total. The first-order valence-electron chi connectivity index (χ1n) is 7.91. The summed E-state index contributed by atoms with van der Waals surface area (Å²) in [5.41, 5.74) is 0.760. The van der Waals surface area contributed by atoms with Crippen molar-refractivity contribution >= 4 is 17.5 Å². The number of carbonyl (C=O) groups is 1. The van der Waals surface area contributed by atoms with Crippen LogP contribution in [0.4, 0.5) is 0 Å².